The average molecular weight is 409 g/mol. The molecule has 158 valence electrons. The molecule has 6 nitrogen and oxygen atoms in total. The van der Waals surface area contributed by atoms with Crippen molar-refractivity contribution >= 4 is 23.2 Å². The Labute approximate surface area is 178 Å². The second-order valence-corrected chi connectivity index (χ2v) is 8.39. The van der Waals surface area contributed by atoms with E-state index < -0.39 is 0 Å². The number of carbonyl (C=O) groups is 2. The summed E-state index contributed by atoms with van der Waals surface area (Å²) in [6.07, 6.45) is 0.286. The number of piperazine rings is 1. The van der Waals surface area contributed by atoms with Gasteiger partial charge in [0.1, 0.15) is 5.75 Å². The summed E-state index contributed by atoms with van der Waals surface area (Å²) in [7, 11) is 1.69. The van der Waals surface area contributed by atoms with Crippen molar-refractivity contribution in [3.63, 3.8) is 0 Å². The lowest BCUT2D eigenvalue weighted by molar-refractivity contribution is -0.915. The van der Waals surface area contributed by atoms with Gasteiger partial charge in [-0.1, -0.05) is 38.1 Å². The molecule has 1 atom stereocenters. The highest BCUT2D eigenvalue weighted by molar-refractivity contribution is 6.21. The molecule has 0 unspecified atom stereocenters. The molecule has 2 aliphatic heterocycles. The lowest BCUT2D eigenvalue weighted by Crippen LogP contribution is -3.19. The minimum atomic E-state index is -0.290. The van der Waals surface area contributed by atoms with Crippen LogP contribution < -0.4 is 19.4 Å². The number of amides is 2. The molecule has 0 aromatic heterocycles. The highest BCUT2D eigenvalue weighted by atomic mass is 16.5. The molecule has 0 radical (unpaired) electrons. The molecule has 2 amide bonds. The molecule has 1 N–H and O–H groups in total. The number of nitrogens with zero attached hydrogens (tertiary/aromatic N) is 2. The monoisotopic (exact) mass is 408 g/mol. The first-order valence-corrected chi connectivity index (χ1v) is 10.7. The Morgan fingerprint density at radius 2 is 1.67 bits per heavy atom. The molecule has 30 heavy (non-hydrogen) atoms. The maximum Gasteiger partial charge on any atom is 0.292 e. The zero-order valence-electron chi connectivity index (χ0n) is 17.9. The Morgan fingerprint density at radius 3 is 2.30 bits per heavy atom. The van der Waals surface area contributed by atoms with E-state index in [-0.39, 0.29) is 24.3 Å². The van der Waals surface area contributed by atoms with E-state index in [9.17, 15) is 9.59 Å². The van der Waals surface area contributed by atoms with E-state index in [0.29, 0.717) is 11.6 Å². The maximum atomic E-state index is 13.1. The molecule has 4 rings (SSSR count). The van der Waals surface area contributed by atoms with Crippen LogP contribution in [0.3, 0.4) is 0 Å². The number of benzene rings is 2. The van der Waals surface area contributed by atoms with Gasteiger partial charge < -0.3 is 14.5 Å². The molecule has 2 aliphatic rings. The normalized spacial score (nSPS) is 20.3. The number of rotatable bonds is 5. The largest absolute Gasteiger partial charge is 0.495 e. The van der Waals surface area contributed by atoms with Gasteiger partial charge in [-0.2, -0.15) is 0 Å². The Balaban J connectivity index is 1.43. The number of hydrogen-bond donors (Lipinski definition) is 1. The molecule has 0 aliphatic carbocycles. The molecule has 0 bridgehead atoms. The predicted octanol–water partition coefficient (Wildman–Crippen LogP) is 1.86. The van der Waals surface area contributed by atoms with Crippen LogP contribution in [-0.2, 0) is 9.59 Å². The number of nitrogens with one attached hydrogen (secondary N) is 1. The van der Waals surface area contributed by atoms with Gasteiger partial charge in [0.05, 0.1) is 51.1 Å². The zero-order valence-corrected chi connectivity index (χ0v) is 17.9. The number of hydrogen-bond acceptors (Lipinski definition) is 4. The second kappa shape index (κ2) is 8.48. The second-order valence-electron chi connectivity index (χ2n) is 8.39. The van der Waals surface area contributed by atoms with Crippen LogP contribution in [0, 0.1) is 0 Å². The van der Waals surface area contributed by atoms with Gasteiger partial charge >= 0.3 is 0 Å². The van der Waals surface area contributed by atoms with Crippen LogP contribution in [0.15, 0.2) is 48.5 Å². The summed E-state index contributed by atoms with van der Waals surface area (Å²) in [4.78, 5) is 30.7. The Kier molecular flexibility index (Phi) is 5.77. The Bertz CT molecular complexity index is 918. The summed E-state index contributed by atoms with van der Waals surface area (Å²) in [5.74, 6) is 1.12. The van der Waals surface area contributed by atoms with Crippen LogP contribution in [0.5, 0.6) is 5.75 Å². The number of methoxy groups -OCH3 is 1. The van der Waals surface area contributed by atoms with Crippen LogP contribution in [-0.4, -0.2) is 51.1 Å². The van der Waals surface area contributed by atoms with Crippen LogP contribution >= 0.6 is 0 Å². The number of carbonyl (C=O) groups excluding carboxylic acids is 2. The number of imide groups is 1. The Morgan fingerprint density at radius 1 is 1.00 bits per heavy atom. The average Bonchev–Trinajstić information content (AvgIpc) is 3.07. The lowest BCUT2D eigenvalue weighted by atomic mass is 10.0. The minimum Gasteiger partial charge on any atom is -0.495 e. The van der Waals surface area contributed by atoms with Crippen molar-refractivity contribution < 1.29 is 19.2 Å². The first-order valence-electron chi connectivity index (χ1n) is 10.7. The van der Waals surface area contributed by atoms with E-state index >= 15 is 0 Å². The lowest BCUT2D eigenvalue weighted by Gasteiger charge is -2.36. The molecule has 2 saturated heterocycles. The highest BCUT2D eigenvalue weighted by Gasteiger charge is 2.46. The third-order valence-electron chi connectivity index (χ3n) is 6.29. The summed E-state index contributed by atoms with van der Waals surface area (Å²) >= 11 is 0. The fraction of sp³-hybridized carbons (Fsp3) is 0.417. The van der Waals surface area contributed by atoms with E-state index in [1.807, 2.05) is 42.5 Å². The van der Waals surface area contributed by atoms with Gasteiger partial charge in [0.15, 0.2) is 6.04 Å². The van der Waals surface area contributed by atoms with Crippen molar-refractivity contribution in [1.82, 2.24) is 0 Å². The third kappa shape index (κ3) is 3.79. The van der Waals surface area contributed by atoms with Gasteiger partial charge in [0.2, 0.25) is 5.91 Å². The highest BCUT2D eigenvalue weighted by Crippen LogP contribution is 2.28. The van der Waals surface area contributed by atoms with Crippen molar-refractivity contribution in [2.24, 2.45) is 0 Å². The summed E-state index contributed by atoms with van der Waals surface area (Å²) in [6, 6.07) is 15.5. The van der Waals surface area contributed by atoms with Crippen molar-refractivity contribution in [2.45, 2.75) is 32.2 Å². The molecule has 2 aromatic rings. The quantitative estimate of drug-likeness (QED) is 0.768. The van der Waals surface area contributed by atoms with Gasteiger partial charge in [-0.05, 0) is 35.7 Å². The SMILES string of the molecule is COc1ccccc1N1CC[NH+]([C@H]2CC(=O)N(c3ccc(C(C)C)cc3)C2=O)CC1. The summed E-state index contributed by atoms with van der Waals surface area (Å²) in [6.45, 7) is 7.56. The van der Waals surface area contributed by atoms with Gasteiger partial charge in [-0.15, -0.1) is 0 Å². The first kappa shape index (κ1) is 20.4. The van der Waals surface area contributed by atoms with E-state index in [1.165, 1.54) is 15.4 Å². The molecule has 6 heteroatoms. The van der Waals surface area contributed by atoms with Gasteiger partial charge in [-0.3, -0.25) is 9.59 Å². The summed E-state index contributed by atoms with van der Waals surface area (Å²) < 4.78 is 5.49. The number of para-hydroxylation sites is 2. The minimum absolute atomic E-state index is 0.0713. The smallest absolute Gasteiger partial charge is 0.292 e. The zero-order chi connectivity index (χ0) is 21.3. The summed E-state index contributed by atoms with van der Waals surface area (Å²) in [5.41, 5.74) is 2.97. The standard InChI is InChI=1S/C24H29N3O3/c1-17(2)18-8-10-19(11-9-18)27-23(28)16-21(24(27)29)26-14-12-25(13-15-26)20-6-4-5-7-22(20)30-3/h4-11,17,21H,12-16H2,1-3H3/p+1/t21-/m0/s1. The van der Waals surface area contributed by atoms with Gasteiger partial charge in [0.25, 0.3) is 5.91 Å². The fourth-order valence-electron chi connectivity index (χ4n) is 4.50. The van der Waals surface area contributed by atoms with Gasteiger partial charge in [0, 0.05) is 0 Å². The van der Waals surface area contributed by atoms with E-state index in [1.54, 1.807) is 7.11 Å². The van der Waals surface area contributed by atoms with E-state index in [0.717, 1.165) is 37.6 Å². The Hall–Kier alpha value is -2.86. The molecular formula is C24H30N3O3+. The molecule has 0 spiro atoms. The summed E-state index contributed by atoms with van der Waals surface area (Å²) in [5, 5.41) is 0. The van der Waals surface area contributed by atoms with Crippen LogP contribution in [0.25, 0.3) is 0 Å². The molecule has 2 aromatic carbocycles. The van der Waals surface area contributed by atoms with Crippen molar-refractivity contribution in [1.29, 1.82) is 0 Å². The first-order chi connectivity index (χ1) is 14.5. The van der Waals surface area contributed by atoms with Crippen LogP contribution in [0.2, 0.25) is 0 Å². The molecule has 0 saturated carbocycles. The van der Waals surface area contributed by atoms with Crippen molar-refractivity contribution in [3.8, 4) is 5.75 Å². The predicted molar refractivity (Wildman–Crippen MR) is 117 cm³/mol. The van der Waals surface area contributed by atoms with Crippen molar-refractivity contribution in [3.05, 3.63) is 54.1 Å². The molecular weight excluding hydrogens is 378 g/mol. The van der Waals surface area contributed by atoms with Crippen molar-refractivity contribution in [2.75, 3.05) is 43.1 Å². The van der Waals surface area contributed by atoms with Crippen LogP contribution in [0.4, 0.5) is 11.4 Å². The third-order valence-corrected chi connectivity index (χ3v) is 6.29. The topological polar surface area (TPSA) is 54.3 Å². The molecule has 2 fully saturated rings. The fourth-order valence-corrected chi connectivity index (χ4v) is 4.50. The van der Waals surface area contributed by atoms with Crippen LogP contribution in [0.1, 0.15) is 31.7 Å². The number of quaternary nitrogens is 1. The number of anilines is 2. The van der Waals surface area contributed by atoms with E-state index in [4.69, 9.17) is 4.74 Å². The van der Waals surface area contributed by atoms with Gasteiger partial charge in [-0.25, -0.2) is 4.90 Å². The maximum absolute atomic E-state index is 13.1. The molecule has 2 heterocycles. The van der Waals surface area contributed by atoms with E-state index in [2.05, 4.69) is 24.8 Å². The number of ether oxygens (including phenoxy) is 1.